The van der Waals surface area contributed by atoms with E-state index in [2.05, 4.69) is 21.1 Å². The van der Waals surface area contributed by atoms with E-state index in [9.17, 15) is 14.4 Å². The largest absolute Gasteiger partial charge is 0.486 e. The number of nitrogens with one attached hydrogen (secondary N) is 3. The van der Waals surface area contributed by atoms with Crippen LogP contribution in [0, 0.1) is 0 Å². The lowest BCUT2D eigenvalue weighted by Gasteiger charge is -2.35. The molecule has 0 saturated carbocycles. The molecule has 2 atom stereocenters. The van der Waals surface area contributed by atoms with Crippen molar-refractivity contribution in [3.63, 3.8) is 0 Å². The standard InChI is InChI=1S/C30H37ClN4O7/c1-29(2,3)42-35-27(32-21-14-15-40-22(16-21)18-36)34-30(4,17-25(37)39-5)23-12-9-13-24(26(23)31)33-28(38)41-19-20-10-7-6-8-11-20/h6-13,21H,14-17,19H2,1-5H3,(H,33,38)(H2,32,34,35). The van der Waals surface area contributed by atoms with Gasteiger partial charge in [-0.05, 0) is 50.0 Å². The van der Waals surface area contributed by atoms with Crippen molar-refractivity contribution in [3.05, 3.63) is 70.4 Å². The molecule has 0 aliphatic carbocycles. The minimum absolute atomic E-state index is 0.0814. The average molecular weight is 601 g/mol. The number of hydrogen-bond acceptors (Lipinski definition) is 8. The number of carbonyl (C=O) groups excluding carboxylic acids is 3. The van der Waals surface area contributed by atoms with Crippen molar-refractivity contribution in [2.75, 3.05) is 19.0 Å². The van der Waals surface area contributed by atoms with Crippen molar-refractivity contribution in [2.45, 2.75) is 70.7 Å². The maximum atomic E-state index is 12.6. The van der Waals surface area contributed by atoms with Gasteiger partial charge in [0, 0.05) is 18.9 Å². The Kier molecular flexibility index (Phi) is 11.2. The molecule has 1 saturated heterocycles. The van der Waals surface area contributed by atoms with Crippen LogP contribution in [0.25, 0.3) is 0 Å². The van der Waals surface area contributed by atoms with E-state index in [4.69, 9.17) is 30.6 Å². The molecule has 11 nitrogen and oxygen atoms in total. The summed E-state index contributed by atoms with van der Waals surface area (Å²) in [4.78, 5) is 42.1. The molecule has 0 radical (unpaired) electrons. The van der Waals surface area contributed by atoms with Crippen molar-refractivity contribution in [2.24, 2.45) is 5.16 Å². The van der Waals surface area contributed by atoms with Gasteiger partial charge in [-0.25, -0.2) is 9.59 Å². The number of benzene rings is 2. The fourth-order valence-corrected chi connectivity index (χ4v) is 4.50. The fraction of sp³-hybridized carbons (Fsp3) is 0.433. The molecule has 1 fully saturated rings. The van der Waals surface area contributed by atoms with Crippen LogP contribution in [-0.4, -0.2) is 49.3 Å². The van der Waals surface area contributed by atoms with E-state index in [0.29, 0.717) is 25.0 Å². The quantitative estimate of drug-likeness (QED) is 0.119. The highest BCUT2D eigenvalue weighted by atomic mass is 35.5. The van der Waals surface area contributed by atoms with Gasteiger partial charge in [0.05, 0.1) is 36.4 Å². The first-order chi connectivity index (χ1) is 19.9. The maximum absolute atomic E-state index is 12.6. The zero-order valence-corrected chi connectivity index (χ0v) is 25.2. The zero-order chi connectivity index (χ0) is 30.8. The number of hydrogen-bond donors (Lipinski definition) is 3. The Morgan fingerprint density at radius 3 is 2.52 bits per heavy atom. The second-order valence-corrected chi connectivity index (χ2v) is 11.3. The molecule has 42 heavy (non-hydrogen) atoms. The number of halogens is 1. The summed E-state index contributed by atoms with van der Waals surface area (Å²) in [6.45, 7) is 7.68. The Morgan fingerprint density at radius 2 is 1.86 bits per heavy atom. The van der Waals surface area contributed by atoms with Gasteiger partial charge in [0.25, 0.3) is 0 Å². The molecule has 1 aliphatic heterocycles. The molecule has 0 spiro atoms. The molecule has 226 valence electrons. The second kappa shape index (κ2) is 14.6. The van der Waals surface area contributed by atoms with Crippen molar-refractivity contribution in [3.8, 4) is 0 Å². The zero-order valence-electron chi connectivity index (χ0n) is 24.4. The Bertz CT molecular complexity index is 1320. The summed E-state index contributed by atoms with van der Waals surface area (Å²) in [5, 5.41) is 13.7. The predicted molar refractivity (Wildman–Crippen MR) is 158 cm³/mol. The predicted octanol–water partition coefficient (Wildman–Crippen LogP) is 5.03. The summed E-state index contributed by atoms with van der Waals surface area (Å²) in [5.41, 5.74) is -0.233. The highest BCUT2D eigenvalue weighted by molar-refractivity contribution is 6.34. The number of carbonyl (C=O) groups is 2. The van der Waals surface area contributed by atoms with Gasteiger partial charge in [0.1, 0.15) is 12.2 Å². The van der Waals surface area contributed by atoms with Gasteiger partial charge < -0.3 is 29.7 Å². The van der Waals surface area contributed by atoms with E-state index in [1.165, 1.54) is 7.11 Å². The number of esters is 1. The molecule has 1 heterocycles. The number of amides is 1. The summed E-state index contributed by atoms with van der Waals surface area (Å²) in [5.74, 6) is 1.69. The lowest BCUT2D eigenvalue weighted by Crippen LogP contribution is -2.53. The smallest absolute Gasteiger partial charge is 0.412 e. The number of methoxy groups -OCH3 is 1. The first-order valence-corrected chi connectivity index (χ1v) is 13.8. The van der Waals surface area contributed by atoms with Crippen molar-refractivity contribution in [1.82, 2.24) is 10.6 Å². The minimum atomic E-state index is -1.20. The van der Waals surface area contributed by atoms with Crippen molar-refractivity contribution in [1.29, 1.82) is 0 Å². The average Bonchev–Trinajstić information content (AvgIpc) is 2.96. The van der Waals surface area contributed by atoms with E-state index in [-0.39, 0.29) is 41.5 Å². The van der Waals surface area contributed by atoms with Crippen LogP contribution in [0.1, 0.15) is 58.1 Å². The number of anilines is 1. The molecule has 3 rings (SSSR count). The molecule has 1 amide bonds. The highest BCUT2D eigenvalue weighted by Gasteiger charge is 2.35. The molecule has 0 bridgehead atoms. The number of oxime groups is 1. The monoisotopic (exact) mass is 600 g/mol. The Balaban J connectivity index is 1.90. The molecule has 0 aromatic heterocycles. The van der Waals surface area contributed by atoms with Gasteiger partial charge in [0.2, 0.25) is 5.96 Å². The van der Waals surface area contributed by atoms with Gasteiger partial charge in [-0.1, -0.05) is 54.1 Å². The SMILES string of the molecule is COC(=O)CC(C)(NC(=NOC(C)(C)C)NC1CCOC(=C=O)C1)c1cccc(NC(=O)OCc2ccccc2)c1Cl. The van der Waals surface area contributed by atoms with Crippen LogP contribution in [0.4, 0.5) is 10.5 Å². The first kappa shape index (κ1) is 32.3. The van der Waals surface area contributed by atoms with E-state index < -0.39 is 23.2 Å². The van der Waals surface area contributed by atoms with Crippen LogP contribution in [0.5, 0.6) is 0 Å². The van der Waals surface area contributed by atoms with Crippen LogP contribution < -0.4 is 16.0 Å². The lowest BCUT2D eigenvalue weighted by atomic mass is 9.88. The van der Waals surface area contributed by atoms with Gasteiger partial charge in [-0.15, -0.1) is 0 Å². The Hall–Kier alpha value is -4.21. The number of rotatable bonds is 9. The topological polar surface area (TPSA) is 137 Å². The van der Waals surface area contributed by atoms with Crippen LogP contribution >= 0.6 is 11.6 Å². The van der Waals surface area contributed by atoms with Crippen molar-refractivity contribution < 1.29 is 33.4 Å². The van der Waals surface area contributed by atoms with Gasteiger partial charge in [-0.2, -0.15) is 0 Å². The number of nitrogens with zero attached hydrogens (tertiary/aromatic N) is 1. The third-order valence-corrected chi connectivity index (χ3v) is 6.61. The molecule has 2 aromatic rings. The highest BCUT2D eigenvalue weighted by Crippen LogP contribution is 2.36. The molecule has 1 aliphatic rings. The first-order valence-electron chi connectivity index (χ1n) is 13.4. The van der Waals surface area contributed by atoms with Crippen LogP contribution in [0.2, 0.25) is 5.02 Å². The Morgan fingerprint density at radius 1 is 1.12 bits per heavy atom. The third-order valence-electron chi connectivity index (χ3n) is 6.20. The summed E-state index contributed by atoms with van der Waals surface area (Å²) in [7, 11) is 1.29. The molecular formula is C30H37ClN4O7. The van der Waals surface area contributed by atoms with Gasteiger partial charge in [0.15, 0.2) is 11.7 Å². The summed E-state index contributed by atoms with van der Waals surface area (Å²) in [6.07, 6.45) is 0.0230. The van der Waals surface area contributed by atoms with Gasteiger partial charge in [-0.3, -0.25) is 10.1 Å². The number of guanidine groups is 1. The van der Waals surface area contributed by atoms with Gasteiger partial charge >= 0.3 is 12.1 Å². The minimum Gasteiger partial charge on any atom is -0.486 e. The van der Waals surface area contributed by atoms with E-state index in [0.717, 1.165) is 5.56 Å². The Labute approximate surface area is 250 Å². The molecule has 3 N–H and O–H groups in total. The third kappa shape index (κ3) is 9.71. The summed E-state index contributed by atoms with van der Waals surface area (Å²) >= 11 is 6.83. The van der Waals surface area contributed by atoms with Crippen molar-refractivity contribution >= 4 is 41.3 Å². The molecular weight excluding hydrogens is 564 g/mol. The molecule has 2 aromatic carbocycles. The van der Waals surface area contributed by atoms with Crippen LogP contribution in [0.3, 0.4) is 0 Å². The van der Waals surface area contributed by atoms with Crippen LogP contribution in [0.15, 0.2) is 59.4 Å². The normalized spacial score (nSPS) is 16.7. The molecule has 2 unspecified atom stereocenters. The van der Waals surface area contributed by atoms with E-state index in [1.54, 1.807) is 25.1 Å². The molecule has 12 heteroatoms. The summed E-state index contributed by atoms with van der Waals surface area (Å²) < 4.78 is 15.7. The lowest BCUT2D eigenvalue weighted by molar-refractivity contribution is -0.142. The van der Waals surface area contributed by atoms with E-state index in [1.807, 2.05) is 57.0 Å². The maximum Gasteiger partial charge on any atom is 0.412 e. The van der Waals surface area contributed by atoms with E-state index >= 15 is 0 Å². The van der Waals surface area contributed by atoms with Crippen LogP contribution in [-0.2, 0) is 40.8 Å². The fourth-order valence-electron chi connectivity index (χ4n) is 4.12. The second-order valence-electron chi connectivity index (χ2n) is 10.9. The summed E-state index contributed by atoms with van der Waals surface area (Å²) in [6, 6.07) is 14.1. The number of ether oxygens (including phenoxy) is 3.